The van der Waals surface area contributed by atoms with Crippen LogP contribution in [0.25, 0.3) is 33.0 Å². The van der Waals surface area contributed by atoms with E-state index in [0.717, 1.165) is 27.6 Å². The number of aromatic nitrogens is 1. The fourth-order valence-electron chi connectivity index (χ4n) is 4.38. The van der Waals surface area contributed by atoms with Crippen molar-refractivity contribution in [3.8, 4) is 11.1 Å². The van der Waals surface area contributed by atoms with Gasteiger partial charge in [0.2, 0.25) is 5.88 Å². The van der Waals surface area contributed by atoms with Gasteiger partial charge in [-0.05, 0) is 34.2 Å². The Labute approximate surface area is 193 Å². The molecule has 4 nitrogen and oxygen atoms in total. The molecule has 0 spiro atoms. The maximum absolute atomic E-state index is 13.5. The number of aryl methyl sites for hydroxylation is 1. The first-order valence-corrected chi connectivity index (χ1v) is 11.3. The van der Waals surface area contributed by atoms with Crippen LogP contribution in [-0.4, -0.2) is 4.57 Å². The summed E-state index contributed by atoms with van der Waals surface area (Å²) in [5.41, 5.74) is 5.64. The van der Waals surface area contributed by atoms with Gasteiger partial charge in [0.25, 0.3) is 5.56 Å². The van der Waals surface area contributed by atoms with Crippen LogP contribution in [0.1, 0.15) is 31.9 Å². The topological polar surface area (TPSA) is 47.2 Å². The van der Waals surface area contributed by atoms with Crippen LogP contribution in [0.3, 0.4) is 0 Å². The molecular weight excluding hydrogens is 408 g/mol. The van der Waals surface area contributed by atoms with E-state index in [0.29, 0.717) is 23.4 Å². The number of para-hydroxylation sites is 1. The van der Waals surface area contributed by atoms with Gasteiger partial charge in [0.15, 0.2) is 5.58 Å². The Morgan fingerprint density at radius 3 is 2.24 bits per heavy atom. The van der Waals surface area contributed by atoms with Gasteiger partial charge in [-0.15, -0.1) is 0 Å². The third-order valence-corrected chi connectivity index (χ3v) is 6.27. The summed E-state index contributed by atoms with van der Waals surface area (Å²) in [6.07, 6.45) is 0. The molecule has 3 aromatic carbocycles. The van der Waals surface area contributed by atoms with Crippen molar-refractivity contribution in [3.63, 3.8) is 0 Å². The standard InChI is InChI=1S/C29H28N2O2/c1-29(2,3)21-16-14-20(15-17-21)24-25-26(22-12-8-9-13-23(22)31(4)28(25)32)33-27(24)30-18-19-10-6-5-7-11-19/h5-17,30H,18H2,1-4H3. The molecule has 0 fully saturated rings. The average Bonchev–Trinajstić information content (AvgIpc) is 3.21. The maximum Gasteiger partial charge on any atom is 0.262 e. The van der Waals surface area contributed by atoms with Crippen molar-refractivity contribution in [2.45, 2.75) is 32.7 Å². The molecule has 5 rings (SSSR count). The first-order valence-electron chi connectivity index (χ1n) is 11.3. The zero-order valence-electron chi connectivity index (χ0n) is 19.5. The van der Waals surface area contributed by atoms with Gasteiger partial charge in [-0.3, -0.25) is 4.79 Å². The van der Waals surface area contributed by atoms with Crippen LogP contribution < -0.4 is 10.9 Å². The van der Waals surface area contributed by atoms with Gasteiger partial charge in [-0.2, -0.15) is 0 Å². The lowest BCUT2D eigenvalue weighted by Gasteiger charge is -2.19. The van der Waals surface area contributed by atoms with E-state index in [-0.39, 0.29) is 11.0 Å². The summed E-state index contributed by atoms with van der Waals surface area (Å²) < 4.78 is 8.11. The minimum Gasteiger partial charge on any atom is -0.439 e. The molecule has 0 atom stereocenters. The highest BCUT2D eigenvalue weighted by molar-refractivity contribution is 6.10. The first-order chi connectivity index (χ1) is 15.8. The monoisotopic (exact) mass is 436 g/mol. The van der Waals surface area contributed by atoms with Crippen molar-refractivity contribution in [1.82, 2.24) is 4.57 Å². The van der Waals surface area contributed by atoms with Gasteiger partial charge in [-0.25, -0.2) is 0 Å². The van der Waals surface area contributed by atoms with Gasteiger partial charge in [0.1, 0.15) is 0 Å². The van der Waals surface area contributed by atoms with E-state index in [4.69, 9.17) is 4.42 Å². The molecule has 5 aromatic rings. The van der Waals surface area contributed by atoms with Crippen molar-refractivity contribution in [1.29, 1.82) is 0 Å². The van der Waals surface area contributed by atoms with Gasteiger partial charge in [0.05, 0.1) is 16.5 Å². The Bertz CT molecular complexity index is 1500. The van der Waals surface area contributed by atoms with Crippen LogP contribution in [0.2, 0.25) is 0 Å². The summed E-state index contributed by atoms with van der Waals surface area (Å²) in [4.78, 5) is 13.5. The second kappa shape index (κ2) is 7.96. The average molecular weight is 437 g/mol. The number of pyridine rings is 1. The molecule has 0 amide bonds. The Morgan fingerprint density at radius 2 is 1.55 bits per heavy atom. The van der Waals surface area contributed by atoms with Crippen molar-refractivity contribution >= 4 is 27.8 Å². The summed E-state index contributed by atoms with van der Waals surface area (Å²) in [6, 6.07) is 26.5. The Balaban J connectivity index is 1.75. The zero-order chi connectivity index (χ0) is 23.2. The lowest BCUT2D eigenvalue weighted by Crippen LogP contribution is -2.17. The molecule has 33 heavy (non-hydrogen) atoms. The first kappa shape index (κ1) is 21.1. The minimum absolute atomic E-state index is 0.0533. The van der Waals surface area contributed by atoms with Crippen molar-refractivity contribution in [2.24, 2.45) is 7.05 Å². The fraction of sp³-hybridized carbons (Fsp3) is 0.207. The minimum atomic E-state index is -0.0601. The molecule has 4 heteroatoms. The molecule has 0 aliphatic heterocycles. The highest BCUT2D eigenvalue weighted by Gasteiger charge is 2.23. The maximum atomic E-state index is 13.5. The normalized spacial score (nSPS) is 11.9. The molecule has 2 heterocycles. The largest absolute Gasteiger partial charge is 0.439 e. The number of fused-ring (bicyclic) bond motifs is 3. The summed E-state index contributed by atoms with van der Waals surface area (Å²) in [5.74, 6) is 0.616. The van der Waals surface area contributed by atoms with Gasteiger partial charge >= 0.3 is 0 Å². The van der Waals surface area contributed by atoms with E-state index in [2.05, 4.69) is 62.5 Å². The highest BCUT2D eigenvalue weighted by atomic mass is 16.4. The number of hydrogen-bond donors (Lipinski definition) is 1. The fourth-order valence-corrected chi connectivity index (χ4v) is 4.38. The SMILES string of the molecule is Cn1c(=O)c2c(-c3ccc(C(C)(C)C)cc3)c(NCc3ccccc3)oc2c2ccccc21. The summed E-state index contributed by atoms with van der Waals surface area (Å²) in [5, 5.41) is 4.99. The molecule has 0 unspecified atom stereocenters. The van der Waals surface area contributed by atoms with Crippen LogP contribution in [0.15, 0.2) is 88.1 Å². The van der Waals surface area contributed by atoms with E-state index in [9.17, 15) is 4.79 Å². The Hall–Kier alpha value is -3.79. The number of nitrogens with one attached hydrogen (secondary N) is 1. The molecule has 0 bridgehead atoms. The van der Waals surface area contributed by atoms with Crippen LogP contribution >= 0.6 is 0 Å². The smallest absolute Gasteiger partial charge is 0.262 e. The summed E-state index contributed by atoms with van der Waals surface area (Å²) >= 11 is 0. The van der Waals surface area contributed by atoms with Crippen molar-refractivity contribution in [2.75, 3.05) is 5.32 Å². The van der Waals surface area contributed by atoms with E-state index in [1.165, 1.54) is 5.56 Å². The number of hydrogen-bond acceptors (Lipinski definition) is 3. The lowest BCUT2D eigenvalue weighted by molar-refractivity contribution is 0.590. The second-order valence-corrected chi connectivity index (χ2v) is 9.56. The summed E-state index contributed by atoms with van der Waals surface area (Å²) in [6.45, 7) is 7.20. The number of anilines is 1. The Morgan fingerprint density at radius 1 is 0.879 bits per heavy atom. The van der Waals surface area contributed by atoms with Crippen LogP contribution in [-0.2, 0) is 19.0 Å². The van der Waals surface area contributed by atoms with Gasteiger partial charge in [-0.1, -0.05) is 87.5 Å². The molecule has 166 valence electrons. The Kier molecular flexibility index (Phi) is 5.09. The second-order valence-electron chi connectivity index (χ2n) is 9.56. The van der Waals surface area contributed by atoms with Crippen LogP contribution in [0.5, 0.6) is 0 Å². The van der Waals surface area contributed by atoms with E-state index >= 15 is 0 Å². The number of rotatable bonds is 4. The molecule has 0 saturated heterocycles. The van der Waals surface area contributed by atoms with E-state index < -0.39 is 0 Å². The number of benzene rings is 3. The molecular formula is C29H28N2O2. The van der Waals surface area contributed by atoms with Crippen molar-refractivity contribution < 1.29 is 4.42 Å². The molecule has 0 saturated carbocycles. The van der Waals surface area contributed by atoms with Gasteiger partial charge < -0.3 is 14.3 Å². The van der Waals surface area contributed by atoms with Crippen molar-refractivity contribution in [3.05, 3.63) is 100 Å². The quantitative estimate of drug-likeness (QED) is 0.335. The lowest BCUT2D eigenvalue weighted by atomic mass is 9.86. The zero-order valence-corrected chi connectivity index (χ0v) is 19.5. The molecule has 1 N–H and O–H groups in total. The van der Waals surface area contributed by atoms with Crippen LogP contribution in [0.4, 0.5) is 5.88 Å². The molecule has 2 aromatic heterocycles. The third kappa shape index (κ3) is 3.72. The molecule has 0 aliphatic rings. The highest BCUT2D eigenvalue weighted by Crippen LogP contribution is 2.40. The predicted octanol–water partition coefficient (Wildman–Crippen LogP) is 6.86. The molecule has 0 aliphatic carbocycles. The predicted molar refractivity (Wildman–Crippen MR) is 137 cm³/mol. The molecule has 0 radical (unpaired) electrons. The van der Waals surface area contributed by atoms with Gasteiger partial charge in [0, 0.05) is 19.0 Å². The number of furan rings is 1. The van der Waals surface area contributed by atoms with E-state index in [1.807, 2.05) is 49.5 Å². The van der Waals surface area contributed by atoms with E-state index in [1.54, 1.807) is 4.57 Å². The number of nitrogens with zero attached hydrogens (tertiary/aromatic N) is 1. The third-order valence-electron chi connectivity index (χ3n) is 6.27. The summed E-state index contributed by atoms with van der Waals surface area (Å²) in [7, 11) is 1.82. The van der Waals surface area contributed by atoms with Crippen LogP contribution in [0, 0.1) is 0 Å².